The van der Waals surface area contributed by atoms with Gasteiger partial charge in [-0.1, -0.05) is 6.92 Å². The van der Waals surface area contributed by atoms with Crippen molar-refractivity contribution in [2.75, 3.05) is 7.11 Å². The SMILES string of the molecule is COC(=O)[C@@](C)(O)[C@@H]1CC[C@]2(C)CCC(=O)C(C)=C2[C@H]1OC(C)=O. The average molecular weight is 338 g/mol. The van der Waals surface area contributed by atoms with E-state index in [0.29, 0.717) is 31.3 Å². The van der Waals surface area contributed by atoms with E-state index in [1.807, 2.05) is 0 Å². The molecule has 1 saturated carbocycles. The molecule has 0 spiro atoms. The molecule has 2 aliphatic carbocycles. The Morgan fingerprint density at radius 2 is 1.96 bits per heavy atom. The van der Waals surface area contributed by atoms with Gasteiger partial charge in [-0.25, -0.2) is 4.79 Å². The van der Waals surface area contributed by atoms with Crippen LogP contribution in [0.1, 0.15) is 53.4 Å². The van der Waals surface area contributed by atoms with Gasteiger partial charge in [0.1, 0.15) is 6.10 Å². The summed E-state index contributed by atoms with van der Waals surface area (Å²) < 4.78 is 10.2. The number of allylic oxidation sites excluding steroid dienone is 1. The zero-order valence-electron chi connectivity index (χ0n) is 15.0. The van der Waals surface area contributed by atoms with Gasteiger partial charge in [-0.2, -0.15) is 0 Å². The molecule has 0 amide bonds. The minimum absolute atomic E-state index is 0.0259. The number of hydrogen-bond acceptors (Lipinski definition) is 6. The molecule has 6 heteroatoms. The van der Waals surface area contributed by atoms with Gasteiger partial charge < -0.3 is 14.6 Å². The highest BCUT2D eigenvalue weighted by Crippen LogP contribution is 2.53. The van der Waals surface area contributed by atoms with E-state index in [1.165, 1.54) is 21.0 Å². The molecule has 1 N–H and O–H groups in total. The molecule has 4 atom stereocenters. The largest absolute Gasteiger partial charge is 0.467 e. The van der Waals surface area contributed by atoms with Crippen LogP contribution >= 0.6 is 0 Å². The first-order chi connectivity index (χ1) is 11.0. The molecular weight excluding hydrogens is 312 g/mol. The lowest BCUT2D eigenvalue weighted by Crippen LogP contribution is -2.55. The smallest absolute Gasteiger partial charge is 0.337 e. The monoisotopic (exact) mass is 338 g/mol. The first-order valence-electron chi connectivity index (χ1n) is 8.27. The fourth-order valence-electron chi connectivity index (χ4n) is 4.21. The molecule has 2 aliphatic rings. The third-order valence-corrected chi connectivity index (χ3v) is 5.65. The van der Waals surface area contributed by atoms with Gasteiger partial charge in [0.05, 0.1) is 7.11 Å². The number of carbonyl (C=O) groups is 3. The lowest BCUT2D eigenvalue weighted by Gasteiger charge is -2.50. The van der Waals surface area contributed by atoms with E-state index < -0.39 is 29.6 Å². The van der Waals surface area contributed by atoms with E-state index in [0.717, 1.165) is 5.57 Å². The Balaban J connectivity index is 2.56. The van der Waals surface area contributed by atoms with Gasteiger partial charge in [-0.05, 0) is 49.7 Å². The van der Waals surface area contributed by atoms with E-state index in [1.54, 1.807) is 6.92 Å². The van der Waals surface area contributed by atoms with E-state index in [2.05, 4.69) is 6.92 Å². The van der Waals surface area contributed by atoms with Crippen LogP contribution in [-0.4, -0.2) is 41.6 Å². The molecular formula is C18H26O6. The number of carbonyl (C=O) groups excluding carboxylic acids is 3. The number of methoxy groups -OCH3 is 1. The molecule has 0 aromatic heterocycles. The summed E-state index contributed by atoms with van der Waals surface area (Å²) in [7, 11) is 1.21. The molecule has 24 heavy (non-hydrogen) atoms. The van der Waals surface area contributed by atoms with Crippen LogP contribution in [0.15, 0.2) is 11.1 Å². The maximum atomic E-state index is 12.2. The summed E-state index contributed by atoms with van der Waals surface area (Å²) in [4.78, 5) is 35.9. The molecule has 2 rings (SSSR count). The maximum absolute atomic E-state index is 12.2. The first-order valence-corrected chi connectivity index (χ1v) is 8.27. The number of rotatable bonds is 3. The molecule has 134 valence electrons. The second kappa shape index (κ2) is 6.31. The molecule has 0 bridgehead atoms. The molecule has 0 aromatic rings. The van der Waals surface area contributed by atoms with E-state index in [9.17, 15) is 19.5 Å². The minimum atomic E-state index is -1.80. The van der Waals surface area contributed by atoms with Gasteiger partial charge in [0.25, 0.3) is 0 Å². The second-order valence-electron chi connectivity index (χ2n) is 7.34. The Morgan fingerprint density at radius 3 is 2.50 bits per heavy atom. The summed E-state index contributed by atoms with van der Waals surface area (Å²) in [6.07, 6.45) is 1.56. The van der Waals surface area contributed by atoms with Crippen molar-refractivity contribution in [3.8, 4) is 0 Å². The van der Waals surface area contributed by atoms with Crippen LogP contribution in [0, 0.1) is 11.3 Å². The van der Waals surface area contributed by atoms with Crippen molar-refractivity contribution >= 4 is 17.7 Å². The van der Waals surface area contributed by atoms with Gasteiger partial charge in [0, 0.05) is 19.3 Å². The summed E-state index contributed by atoms with van der Waals surface area (Å²) in [6.45, 7) is 6.46. The van der Waals surface area contributed by atoms with Crippen LogP contribution in [0.5, 0.6) is 0 Å². The van der Waals surface area contributed by atoms with Crippen LogP contribution in [0.3, 0.4) is 0 Å². The number of ketones is 1. The highest BCUT2D eigenvalue weighted by molar-refractivity contribution is 5.97. The fourth-order valence-corrected chi connectivity index (χ4v) is 4.21. The molecule has 6 nitrogen and oxygen atoms in total. The van der Waals surface area contributed by atoms with Crippen molar-refractivity contribution in [3.63, 3.8) is 0 Å². The summed E-state index contributed by atoms with van der Waals surface area (Å²) >= 11 is 0. The Morgan fingerprint density at radius 1 is 1.33 bits per heavy atom. The first kappa shape index (κ1) is 18.6. The molecule has 0 aromatic carbocycles. The standard InChI is InChI=1S/C18H26O6/c1-10-13(20)7-9-17(3)8-6-12(18(4,22)16(21)23-5)15(14(10)17)24-11(2)19/h12,15,22H,6-9H2,1-5H3/t12-,15+,17-,18+/m1/s1. The highest BCUT2D eigenvalue weighted by atomic mass is 16.6. The number of hydrogen-bond donors (Lipinski definition) is 1. The minimum Gasteiger partial charge on any atom is -0.467 e. The fraction of sp³-hybridized carbons (Fsp3) is 0.722. The predicted molar refractivity (Wildman–Crippen MR) is 86.0 cm³/mol. The molecule has 0 saturated heterocycles. The molecule has 0 aliphatic heterocycles. The quantitative estimate of drug-likeness (QED) is 0.791. The van der Waals surface area contributed by atoms with Gasteiger partial charge >= 0.3 is 11.9 Å². The topological polar surface area (TPSA) is 89.9 Å². The molecule has 0 radical (unpaired) electrons. The zero-order valence-corrected chi connectivity index (χ0v) is 15.0. The Labute approximate surface area is 142 Å². The Kier molecular flexibility index (Phi) is 4.91. The zero-order chi connectivity index (χ0) is 18.3. The van der Waals surface area contributed by atoms with Crippen molar-refractivity contribution < 1.29 is 29.0 Å². The van der Waals surface area contributed by atoms with Crippen molar-refractivity contribution in [1.82, 2.24) is 0 Å². The van der Waals surface area contributed by atoms with Crippen molar-refractivity contribution in [2.45, 2.75) is 65.1 Å². The normalized spacial score (nSPS) is 32.7. The van der Waals surface area contributed by atoms with Crippen LogP contribution < -0.4 is 0 Å². The van der Waals surface area contributed by atoms with Gasteiger partial charge in [0.2, 0.25) is 0 Å². The van der Waals surface area contributed by atoms with Crippen LogP contribution in [-0.2, 0) is 23.9 Å². The summed E-state index contributed by atoms with van der Waals surface area (Å²) in [5.41, 5.74) is -0.736. The lowest BCUT2D eigenvalue weighted by atomic mass is 9.58. The second-order valence-corrected chi connectivity index (χ2v) is 7.34. The van der Waals surface area contributed by atoms with Crippen LogP contribution in [0.25, 0.3) is 0 Å². The summed E-state index contributed by atoms with van der Waals surface area (Å²) in [6, 6.07) is 0. The molecule has 1 fully saturated rings. The summed E-state index contributed by atoms with van der Waals surface area (Å²) in [5, 5.41) is 10.7. The van der Waals surface area contributed by atoms with Gasteiger partial charge in [0.15, 0.2) is 11.4 Å². The number of ether oxygens (including phenoxy) is 2. The van der Waals surface area contributed by atoms with Crippen LogP contribution in [0.2, 0.25) is 0 Å². The van der Waals surface area contributed by atoms with E-state index in [4.69, 9.17) is 9.47 Å². The van der Waals surface area contributed by atoms with Crippen LogP contribution in [0.4, 0.5) is 0 Å². The molecule has 0 heterocycles. The lowest BCUT2D eigenvalue weighted by molar-refractivity contribution is -0.179. The maximum Gasteiger partial charge on any atom is 0.337 e. The Bertz CT molecular complexity index is 603. The van der Waals surface area contributed by atoms with Crippen molar-refractivity contribution in [1.29, 1.82) is 0 Å². The van der Waals surface area contributed by atoms with E-state index in [-0.39, 0.29) is 11.2 Å². The Hall–Kier alpha value is -1.69. The average Bonchev–Trinajstić information content (AvgIpc) is 2.49. The number of esters is 2. The van der Waals surface area contributed by atoms with Crippen molar-refractivity contribution in [2.24, 2.45) is 11.3 Å². The van der Waals surface area contributed by atoms with Gasteiger partial charge in [-0.3, -0.25) is 9.59 Å². The summed E-state index contributed by atoms with van der Waals surface area (Å²) in [5.74, 6) is -1.90. The number of Topliss-reactive ketones (excluding diaryl/α,β-unsaturated/α-hetero) is 1. The number of fused-ring (bicyclic) bond motifs is 1. The molecule has 0 unspecified atom stereocenters. The third-order valence-electron chi connectivity index (χ3n) is 5.65. The van der Waals surface area contributed by atoms with Crippen molar-refractivity contribution in [3.05, 3.63) is 11.1 Å². The predicted octanol–water partition coefficient (Wildman–Crippen LogP) is 1.94. The highest BCUT2D eigenvalue weighted by Gasteiger charge is 2.55. The van der Waals surface area contributed by atoms with Gasteiger partial charge in [-0.15, -0.1) is 0 Å². The third kappa shape index (κ3) is 2.99. The number of aliphatic hydroxyl groups is 1. The van der Waals surface area contributed by atoms with E-state index >= 15 is 0 Å².